The van der Waals surface area contributed by atoms with Gasteiger partial charge in [-0.25, -0.2) is 13.8 Å². The standard InChI is InChI=1S/C14H16ClFN2O3/c1-2-21-14(20)11-8-9(16)7-10(11)13(19)18(15)12-5-3-4-6-17-12/h3-6,9-11H,2,7-8H2,1H3. The molecule has 1 aromatic rings. The Kier molecular flexibility index (Phi) is 5.12. The van der Waals surface area contributed by atoms with Crippen LogP contribution in [0.5, 0.6) is 0 Å². The number of anilines is 1. The van der Waals surface area contributed by atoms with Crippen molar-refractivity contribution < 1.29 is 18.7 Å². The van der Waals surface area contributed by atoms with Gasteiger partial charge >= 0.3 is 5.97 Å². The van der Waals surface area contributed by atoms with Gasteiger partial charge in [0.2, 0.25) is 5.91 Å². The highest BCUT2D eigenvalue weighted by Crippen LogP contribution is 2.37. The van der Waals surface area contributed by atoms with Gasteiger partial charge in [0.15, 0.2) is 5.82 Å². The number of hydrogen-bond donors (Lipinski definition) is 0. The van der Waals surface area contributed by atoms with Gasteiger partial charge in [0.25, 0.3) is 0 Å². The molecule has 1 aliphatic rings. The molecular weight excluding hydrogens is 299 g/mol. The summed E-state index contributed by atoms with van der Waals surface area (Å²) in [5.74, 6) is -2.46. The Balaban J connectivity index is 2.14. The number of halogens is 2. The SMILES string of the molecule is CCOC(=O)C1CC(F)CC1C(=O)N(Cl)c1ccccn1. The molecule has 0 spiro atoms. The molecule has 1 aliphatic carbocycles. The van der Waals surface area contributed by atoms with Crippen molar-refractivity contribution in [3.05, 3.63) is 24.4 Å². The minimum Gasteiger partial charge on any atom is -0.466 e. The number of amides is 1. The summed E-state index contributed by atoms with van der Waals surface area (Å²) >= 11 is 5.98. The Bertz CT molecular complexity index is 514. The second kappa shape index (κ2) is 6.85. The van der Waals surface area contributed by atoms with E-state index in [0.717, 1.165) is 4.42 Å². The largest absolute Gasteiger partial charge is 0.466 e. The summed E-state index contributed by atoms with van der Waals surface area (Å²) in [6.07, 6.45) is 0.246. The van der Waals surface area contributed by atoms with Gasteiger partial charge in [-0.1, -0.05) is 6.07 Å². The molecule has 3 atom stereocenters. The quantitative estimate of drug-likeness (QED) is 0.633. The molecule has 1 heterocycles. The van der Waals surface area contributed by atoms with Crippen LogP contribution in [-0.4, -0.2) is 29.6 Å². The normalized spacial score (nSPS) is 24.6. The lowest BCUT2D eigenvalue weighted by atomic mass is 9.95. The van der Waals surface area contributed by atoms with Crippen LogP contribution >= 0.6 is 11.8 Å². The maximum absolute atomic E-state index is 13.6. The fraction of sp³-hybridized carbons (Fsp3) is 0.500. The summed E-state index contributed by atoms with van der Waals surface area (Å²) in [6, 6.07) is 4.93. The molecule has 5 nitrogen and oxygen atoms in total. The Labute approximate surface area is 127 Å². The van der Waals surface area contributed by atoms with Crippen LogP contribution in [-0.2, 0) is 14.3 Å². The van der Waals surface area contributed by atoms with Crippen molar-refractivity contribution in [1.82, 2.24) is 4.98 Å². The predicted molar refractivity (Wildman–Crippen MR) is 75.3 cm³/mol. The molecule has 1 amide bonds. The topological polar surface area (TPSA) is 59.5 Å². The zero-order valence-electron chi connectivity index (χ0n) is 11.5. The first-order valence-corrected chi connectivity index (χ1v) is 7.09. The summed E-state index contributed by atoms with van der Waals surface area (Å²) in [6.45, 7) is 1.86. The van der Waals surface area contributed by atoms with Gasteiger partial charge in [-0.3, -0.25) is 9.59 Å². The number of pyridine rings is 1. The fourth-order valence-corrected chi connectivity index (χ4v) is 2.71. The molecular formula is C14H16ClFN2O3. The van der Waals surface area contributed by atoms with E-state index in [9.17, 15) is 14.0 Å². The van der Waals surface area contributed by atoms with Crippen LogP contribution < -0.4 is 4.42 Å². The number of carbonyl (C=O) groups excluding carboxylic acids is 2. The molecule has 0 N–H and O–H groups in total. The van der Waals surface area contributed by atoms with Gasteiger partial charge in [-0.2, -0.15) is 0 Å². The zero-order valence-corrected chi connectivity index (χ0v) is 12.3. The third-order valence-corrected chi connectivity index (χ3v) is 3.80. The minimum absolute atomic E-state index is 0.0117. The van der Waals surface area contributed by atoms with Crippen LogP contribution in [0.1, 0.15) is 19.8 Å². The third-order valence-electron chi connectivity index (χ3n) is 3.46. The summed E-state index contributed by atoms with van der Waals surface area (Å²) in [7, 11) is 0. The average molecular weight is 315 g/mol. The Morgan fingerprint density at radius 3 is 2.76 bits per heavy atom. The molecule has 1 saturated carbocycles. The molecule has 3 unspecified atom stereocenters. The smallest absolute Gasteiger partial charge is 0.309 e. The lowest BCUT2D eigenvalue weighted by molar-refractivity contribution is -0.151. The highest BCUT2D eigenvalue weighted by molar-refractivity contribution is 6.36. The Morgan fingerprint density at radius 1 is 1.43 bits per heavy atom. The number of rotatable bonds is 4. The highest BCUT2D eigenvalue weighted by Gasteiger charge is 2.45. The number of carbonyl (C=O) groups is 2. The van der Waals surface area contributed by atoms with Gasteiger partial charge in [0.1, 0.15) is 6.17 Å². The minimum atomic E-state index is -1.21. The van der Waals surface area contributed by atoms with E-state index in [0.29, 0.717) is 0 Å². The van der Waals surface area contributed by atoms with Crippen molar-refractivity contribution >= 4 is 29.5 Å². The first-order chi connectivity index (χ1) is 10.0. The summed E-state index contributed by atoms with van der Waals surface area (Å²) < 4.78 is 19.4. The molecule has 114 valence electrons. The Hall–Kier alpha value is -1.69. The zero-order chi connectivity index (χ0) is 15.4. The van der Waals surface area contributed by atoms with Crippen LogP contribution in [0.4, 0.5) is 10.2 Å². The number of aromatic nitrogens is 1. The average Bonchev–Trinajstić information content (AvgIpc) is 2.89. The summed E-state index contributed by atoms with van der Waals surface area (Å²) in [5.41, 5.74) is 0. The van der Waals surface area contributed by atoms with E-state index in [1.807, 2.05) is 0 Å². The molecule has 0 bridgehead atoms. The molecule has 0 aromatic carbocycles. The van der Waals surface area contributed by atoms with E-state index in [2.05, 4.69) is 4.98 Å². The molecule has 7 heteroatoms. The van der Waals surface area contributed by atoms with Crippen LogP contribution in [0.3, 0.4) is 0 Å². The maximum Gasteiger partial charge on any atom is 0.309 e. The maximum atomic E-state index is 13.6. The monoisotopic (exact) mass is 314 g/mol. The van der Waals surface area contributed by atoms with Crippen LogP contribution in [0.25, 0.3) is 0 Å². The van der Waals surface area contributed by atoms with E-state index in [1.165, 1.54) is 6.20 Å². The van der Waals surface area contributed by atoms with Gasteiger partial charge in [0, 0.05) is 18.0 Å². The molecule has 1 fully saturated rings. The number of hydrogen-bond acceptors (Lipinski definition) is 4. The van der Waals surface area contributed by atoms with Crippen LogP contribution in [0.15, 0.2) is 24.4 Å². The van der Waals surface area contributed by atoms with Gasteiger partial charge < -0.3 is 4.74 Å². The third kappa shape index (κ3) is 3.50. The van der Waals surface area contributed by atoms with E-state index in [-0.39, 0.29) is 25.3 Å². The van der Waals surface area contributed by atoms with Crippen LogP contribution in [0.2, 0.25) is 0 Å². The summed E-state index contributed by atoms with van der Waals surface area (Å²) in [5, 5.41) is 0. The van der Waals surface area contributed by atoms with E-state index >= 15 is 0 Å². The number of alkyl halides is 1. The lowest BCUT2D eigenvalue weighted by Crippen LogP contribution is -2.35. The lowest BCUT2D eigenvalue weighted by Gasteiger charge is -2.21. The molecule has 0 aliphatic heterocycles. The van der Waals surface area contributed by atoms with Crippen LogP contribution in [0, 0.1) is 11.8 Å². The van der Waals surface area contributed by atoms with Gasteiger partial charge in [0.05, 0.1) is 18.4 Å². The highest BCUT2D eigenvalue weighted by atomic mass is 35.5. The molecule has 1 aromatic heterocycles. The number of nitrogens with zero attached hydrogens (tertiary/aromatic N) is 2. The van der Waals surface area contributed by atoms with Crippen molar-refractivity contribution in [1.29, 1.82) is 0 Å². The Morgan fingerprint density at radius 2 is 2.14 bits per heavy atom. The predicted octanol–water partition coefficient (Wildman–Crippen LogP) is 2.50. The second-order valence-corrected chi connectivity index (χ2v) is 5.18. The fourth-order valence-electron chi connectivity index (χ4n) is 2.49. The first-order valence-electron chi connectivity index (χ1n) is 6.76. The van der Waals surface area contributed by atoms with Crippen molar-refractivity contribution in [3.8, 4) is 0 Å². The molecule has 21 heavy (non-hydrogen) atoms. The number of ether oxygens (including phenoxy) is 1. The van der Waals surface area contributed by atoms with Crippen molar-refractivity contribution in [2.45, 2.75) is 25.9 Å². The molecule has 0 saturated heterocycles. The van der Waals surface area contributed by atoms with Gasteiger partial charge in [-0.05, 0) is 31.9 Å². The van der Waals surface area contributed by atoms with Gasteiger partial charge in [-0.15, -0.1) is 0 Å². The first kappa shape index (κ1) is 15.7. The molecule has 2 rings (SSSR count). The van der Waals surface area contributed by atoms with Crippen molar-refractivity contribution in [3.63, 3.8) is 0 Å². The van der Waals surface area contributed by atoms with Crippen molar-refractivity contribution in [2.75, 3.05) is 11.0 Å². The molecule has 0 radical (unpaired) electrons. The second-order valence-electron chi connectivity index (χ2n) is 4.84. The van der Waals surface area contributed by atoms with Crippen molar-refractivity contribution in [2.24, 2.45) is 11.8 Å². The summed E-state index contributed by atoms with van der Waals surface area (Å²) in [4.78, 5) is 28.2. The van der Waals surface area contributed by atoms with E-state index in [4.69, 9.17) is 16.5 Å². The van der Waals surface area contributed by atoms with E-state index < -0.39 is 29.9 Å². The number of esters is 1. The van der Waals surface area contributed by atoms with E-state index in [1.54, 1.807) is 25.1 Å².